The van der Waals surface area contributed by atoms with Gasteiger partial charge in [0.05, 0.1) is 12.2 Å². The number of carbonyl (C=O) groups excluding carboxylic acids is 1. The van der Waals surface area contributed by atoms with Crippen LogP contribution < -0.4 is 5.56 Å². The lowest BCUT2D eigenvalue weighted by molar-refractivity contribution is -0.135. The van der Waals surface area contributed by atoms with Crippen molar-refractivity contribution in [2.45, 2.75) is 57.5 Å². The molecule has 2 saturated heterocycles. The maximum absolute atomic E-state index is 12.3. The smallest absolute Gasteiger partial charge is 0.267 e. The maximum atomic E-state index is 12.3. The molecule has 0 saturated carbocycles. The van der Waals surface area contributed by atoms with Crippen molar-refractivity contribution in [2.75, 3.05) is 46.3 Å². The molecule has 154 valence electrons. The number of piperidine rings is 1. The number of aryl methyl sites for hydroxylation is 2. The van der Waals surface area contributed by atoms with E-state index in [0.29, 0.717) is 19.0 Å². The van der Waals surface area contributed by atoms with Gasteiger partial charge in [0.15, 0.2) is 0 Å². The summed E-state index contributed by atoms with van der Waals surface area (Å²) in [7, 11) is 1.95. The van der Waals surface area contributed by atoms with Crippen LogP contribution in [-0.2, 0) is 24.2 Å². The molecule has 1 aromatic heterocycles. The highest BCUT2D eigenvalue weighted by molar-refractivity contribution is 5.76. The van der Waals surface area contributed by atoms with Gasteiger partial charge in [-0.3, -0.25) is 19.4 Å². The zero-order valence-electron chi connectivity index (χ0n) is 17.1. The van der Waals surface area contributed by atoms with E-state index < -0.39 is 0 Å². The summed E-state index contributed by atoms with van der Waals surface area (Å²) >= 11 is 0. The first-order valence-corrected chi connectivity index (χ1v) is 10.9. The number of fused-ring (bicyclic) bond motifs is 1. The van der Waals surface area contributed by atoms with Crippen LogP contribution in [0.25, 0.3) is 0 Å². The molecule has 0 bridgehead atoms. The van der Waals surface area contributed by atoms with Gasteiger partial charge < -0.3 is 4.90 Å². The monoisotopic (exact) mass is 387 g/mol. The average molecular weight is 388 g/mol. The molecular weight excluding hydrogens is 354 g/mol. The molecule has 0 N–H and O–H groups in total. The summed E-state index contributed by atoms with van der Waals surface area (Å²) in [4.78, 5) is 31.1. The predicted octanol–water partition coefficient (Wildman–Crippen LogP) is 0.751. The Bertz CT molecular complexity index is 754. The Labute approximate surface area is 167 Å². The molecule has 2 fully saturated rings. The first-order valence-electron chi connectivity index (χ1n) is 10.9. The minimum Gasteiger partial charge on any atom is -0.341 e. The first-order chi connectivity index (χ1) is 13.6. The number of nitrogens with zero attached hydrogens (tertiary/aromatic N) is 5. The van der Waals surface area contributed by atoms with Crippen molar-refractivity contribution in [1.82, 2.24) is 24.5 Å². The van der Waals surface area contributed by atoms with Crippen LogP contribution in [0.2, 0.25) is 0 Å². The van der Waals surface area contributed by atoms with E-state index >= 15 is 0 Å². The summed E-state index contributed by atoms with van der Waals surface area (Å²) in [5.74, 6) is 0.290. The lowest BCUT2D eigenvalue weighted by Crippen LogP contribution is -2.53. The molecular formula is C21H33N5O2. The second kappa shape index (κ2) is 8.74. The van der Waals surface area contributed by atoms with Gasteiger partial charge in [-0.2, -0.15) is 5.10 Å². The Morgan fingerprint density at radius 1 is 0.964 bits per heavy atom. The Morgan fingerprint density at radius 3 is 2.54 bits per heavy atom. The number of hydrogen-bond donors (Lipinski definition) is 0. The third-order valence-electron chi connectivity index (χ3n) is 6.70. The van der Waals surface area contributed by atoms with Gasteiger partial charge in [-0.15, -0.1) is 0 Å². The van der Waals surface area contributed by atoms with Crippen LogP contribution in [-0.4, -0.2) is 82.7 Å². The van der Waals surface area contributed by atoms with E-state index in [-0.39, 0.29) is 11.5 Å². The van der Waals surface area contributed by atoms with Crippen molar-refractivity contribution in [1.29, 1.82) is 0 Å². The minimum absolute atomic E-state index is 0.0456. The number of piperazine rings is 1. The van der Waals surface area contributed by atoms with Crippen molar-refractivity contribution < 1.29 is 4.79 Å². The van der Waals surface area contributed by atoms with E-state index in [4.69, 9.17) is 0 Å². The van der Waals surface area contributed by atoms with E-state index in [1.165, 1.54) is 12.8 Å². The van der Waals surface area contributed by atoms with Crippen LogP contribution in [0, 0.1) is 0 Å². The summed E-state index contributed by atoms with van der Waals surface area (Å²) in [6.45, 7) is 6.64. The molecule has 3 heterocycles. The van der Waals surface area contributed by atoms with Gasteiger partial charge in [0, 0.05) is 64.8 Å². The summed E-state index contributed by atoms with van der Waals surface area (Å²) in [6.07, 6.45) is 7.21. The fraction of sp³-hybridized carbons (Fsp3) is 0.762. The normalized spacial score (nSPS) is 24.4. The molecule has 3 aliphatic rings. The van der Waals surface area contributed by atoms with Gasteiger partial charge >= 0.3 is 0 Å². The SMILES string of the molecule is CN1C(=O)CCCC1CN1CCN(CCn2nc3c(cc2=O)CCCC3)CC1. The lowest BCUT2D eigenvalue weighted by atomic mass is 9.97. The Balaban J connectivity index is 1.25. The molecule has 1 amide bonds. The number of likely N-dealkylation sites (tertiary alicyclic amines) is 1. The minimum atomic E-state index is 0.0456. The van der Waals surface area contributed by atoms with Gasteiger partial charge in [0.1, 0.15) is 0 Å². The van der Waals surface area contributed by atoms with E-state index in [9.17, 15) is 9.59 Å². The second-order valence-corrected chi connectivity index (χ2v) is 8.58. The molecule has 1 atom stereocenters. The standard InChI is InChI=1S/C21H33N5O2/c1-23-18(6-4-8-20(23)27)16-25-11-9-24(10-12-25)13-14-26-21(28)15-17-5-2-3-7-19(17)22-26/h15,18H,2-14,16H2,1H3. The Hall–Kier alpha value is -1.73. The largest absolute Gasteiger partial charge is 0.341 e. The molecule has 0 aromatic carbocycles. The van der Waals surface area contributed by atoms with E-state index in [1.807, 2.05) is 11.9 Å². The van der Waals surface area contributed by atoms with Crippen LogP contribution in [0.5, 0.6) is 0 Å². The van der Waals surface area contributed by atoms with Crippen LogP contribution >= 0.6 is 0 Å². The first kappa shape index (κ1) is 19.6. The number of likely N-dealkylation sites (N-methyl/N-ethyl adjacent to an activating group) is 1. The van der Waals surface area contributed by atoms with Crippen LogP contribution in [0.3, 0.4) is 0 Å². The molecule has 0 spiro atoms. The number of amides is 1. The summed E-state index contributed by atoms with van der Waals surface area (Å²) in [5.41, 5.74) is 2.33. The highest BCUT2D eigenvalue weighted by Gasteiger charge is 2.27. The van der Waals surface area contributed by atoms with Crippen molar-refractivity contribution in [2.24, 2.45) is 0 Å². The third kappa shape index (κ3) is 4.46. The third-order valence-corrected chi connectivity index (χ3v) is 6.70. The number of rotatable bonds is 5. The zero-order chi connectivity index (χ0) is 19.5. The van der Waals surface area contributed by atoms with Gasteiger partial charge in [-0.05, 0) is 44.1 Å². The van der Waals surface area contributed by atoms with Crippen molar-refractivity contribution >= 4 is 5.91 Å². The highest BCUT2D eigenvalue weighted by atomic mass is 16.2. The molecule has 28 heavy (non-hydrogen) atoms. The molecule has 1 aliphatic carbocycles. The highest BCUT2D eigenvalue weighted by Crippen LogP contribution is 2.18. The number of hydrogen-bond acceptors (Lipinski definition) is 5. The van der Waals surface area contributed by atoms with Gasteiger partial charge in [-0.1, -0.05) is 0 Å². The summed E-state index contributed by atoms with van der Waals surface area (Å²) < 4.78 is 1.67. The lowest BCUT2D eigenvalue weighted by Gasteiger charge is -2.40. The average Bonchev–Trinajstić information content (AvgIpc) is 2.71. The van der Waals surface area contributed by atoms with Crippen molar-refractivity contribution in [3.63, 3.8) is 0 Å². The van der Waals surface area contributed by atoms with Crippen molar-refractivity contribution in [3.8, 4) is 0 Å². The fourth-order valence-corrected chi connectivity index (χ4v) is 4.77. The van der Waals surface area contributed by atoms with Crippen molar-refractivity contribution in [3.05, 3.63) is 27.7 Å². The maximum Gasteiger partial charge on any atom is 0.267 e. The van der Waals surface area contributed by atoms with Crippen LogP contribution in [0.15, 0.2) is 10.9 Å². The molecule has 7 nitrogen and oxygen atoms in total. The second-order valence-electron chi connectivity index (χ2n) is 8.58. The van der Waals surface area contributed by atoms with Crippen LogP contribution in [0.4, 0.5) is 0 Å². The Morgan fingerprint density at radius 2 is 1.71 bits per heavy atom. The molecule has 1 unspecified atom stereocenters. The number of carbonyl (C=O) groups is 1. The van der Waals surface area contributed by atoms with Gasteiger partial charge in [-0.25, -0.2) is 4.68 Å². The molecule has 0 radical (unpaired) electrons. The van der Waals surface area contributed by atoms with E-state index in [2.05, 4.69) is 14.9 Å². The predicted molar refractivity (Wildman–Crippen MR) is 108 cm³/mol. The zero-order valence-corrected chi connectivity index (χ0v) is 17.1. The molecule has 1 aromatic rings. The summed E-state index contributed by atoms with van der Waals surface area (Å²) in [5, 5.41) is 4.63. The molecule has 2 aliphatic heterocycles. The quantitative estimate of drug-likeness (QED) is 0.746. The summed E-state index contributed by atoms with van der Waals surface area (Å²) in [6, 6.07) is 2.17. The Kier molecular flexibility index (Phi) is 6.11. The number of aromatic nitrogens is 2. The van der Waals surface area contributed by atoms with E-state index in [0.717, 1.165) is 76.2 Å². The fourth-order valence-electron chi connectivity index (χ4n) is 4.77. The van der Waals surface area contributed by atoms with Gasteiger partial charge in [0.25, 0.3) is 5.56 Å². The van der Waals surface area contributed by atoms with E-state index in [1.54, 1.807) is 10.7 Å². The molecule has 4 rings (SSSR count). The topological polar surface area (TPSA) is 61.7 Å². The molecule has 7 heteroatoms. The van der Waals surface area contributed by atoms with Gasteiger partial charge in [0.2, 0.25) is 5.91 Å². The van der Waals surface area contributed by atoms with Crippen LogP contribution in [0.1, 0.15) is 43.4 Å².